The number of aryl methyl sites for hydroxylation is 1. The maximum absolute atomic E-state index is 14.9. The highest BCUT2D eigenvalue weighted by Crippen LogP contribution is 2.51. The van der Waals surface area contributed by atoms with Crippen molar-refractivity contribution in [3.05, 3.63) is 70.5 Å². The van der Waals surface area contributed by atoms with Crippen LogP contribution in [0.15, 0.2) is 42.5 Å². The number of alkyl halides is 4. The molecular weight excluding hydrogens is 517 g/mol. The zero-order valence-corrected chi connectivity index (χ0v) is 21.7. The van der Waals surface area contributed by atoms with Crippen molar-refractivity contribution in [1.82, 2.24) is 4.90 Å². The zero-order valence-electron chi connectivity index (χ0n) is 21.7. The van der Waals surface area contributed by atoms with Crippen molar-refractivity contribution in [3.63, 3.8) is 0 Å². The molecule has 4 nitrogen and oxygen atoms in total. The minimum atomic E-state index is -5.06. The van der Waals surface area contributed by atoms with Gasteiger partial charge in [-0.15, -0.1) is 0 Å². The number of halogens is 5. The quantitative estimate of drug-likeness (QED) is 0.434. The highest BCUT2D eigenvalue weighted by atomic mass is 19.4. The minimum absolute atomic E-state index is 0.0691. The molecule has 0 bridgehead atoms. The van der Waals surface area contributed by atoms with Gasteiger partial charge in [0.05, 0.1) is 5.92 Å². The zero-order chi connectivity index (χ0) is 28.2. The Kier molecular flexibility index (Phi) is 7.00. The van der Waals surface area contributed by atoms with Gasteiger partial charge in [-0.05, 0) is 86.3 Å². The predicted octanol–water partition coefficient (Wildman–Crippen LogP) is 6.49. The summed E-state index contributed by atoms with van der Waals surface area (Å²) >= 11 is 0. The number of carboxylic acids is 1. The number of aliphatic carboxylic acids is 1. The molecule has 0 radical (unpaired) electrons. The number of likely N-dealkylation sites (tertiary alicyclic amines) is 1. The fraction of sp³-hybridized carbons (Fsp3) is 0.533. The molecule has 1 N–H and O–H groups in total. The first-order valence-electron chi connectivity index (χ1n) is 13.5. The van der Waals surface area contributed by atoms with Crippen LogP contribution < -0.4 is 0 Å². The minimum Gasteiger partial charge on any atom is -0.481 e. The molecule has 2 aromatic rings. The van der Waals surface area contributed by atoms with E-state index in [1.807, 2.05) is 4.90 Å². The van der Waals surface area contributed by atoms with E-state index in [1.54, 1.807) is 18.2 Å². The largest absolute Gasteiger partial charge is 0.481 e. The predicted molar refractivity (Wildman–Crippen MR) is 134 cm³/mol. The van der Waals surface area contributed by atoms with Crippen LogP contribution in [-0.4, -0.2) is 40.6 Å². The standard InChI is InChI=1S/C30H32F5NO3/c1-28(32,30(33,34)35)22-8-11-24-19(16-22)7-12-25-29(24,17-18-5-9-23(31)10-6-18)13-14-36(25)26(37)20-3-2-4-21(15-20)27(38)39/h5-6,8-11,16,20-21,25H,2-4,7,12-15,17H2,1H3,(H,38,39)/t20?,21?,25-,28?,29-/m1/s1. The lowest BCUT2D eigenvalue weighted by molar-refractivity contribution is -0.228. The van der Waals surface area contributed by atoms with Gasteiger partial charge in [0.15, 0.2) is 0 Å². The summed E-state index contributed by atoms with van der Waals surface area (Å²) in [6, 6.07) is 9.91. The highest BCUT2D eigenvalue weighted by molar-refractivity contribution is 5.81. The second-order valence-corrected chi connectivity index (χ2v) is 11.6. The normalized spacial score (nSPS) is 28.4. The molecule has 2 fully saturated rings. The van der Waals surface area contributed by atoms with Gasteiger partial charge < -0.3 is 10.0 Å². The van der Waals surface area contributed by atoms with Gasteiger partial charge in [-0.25, -0.2) is 8.78 Å². The Balaban J connectivity index is 1.52. The van der Waals surface area contributed by atoms with Gasteiger partial charge in [-0.3, -0.25) is 9.59 Å². The number of rotatable bonds is 5. The van der Waals surface area contributed by atoms with Gasteiger partial charge >= 0.3 is 12.1 Å². The van der Waals surface area contributed by atoms with Crippen molar-refractivity contribution in [1.29, 1.82) is 0 Å². The summed E-state index contributed by atoms with van der Waals surface area (Å²) in [5.74, 6) is -2.27. The van der Waals surface area contributed by atoms with Crippen LogP contribution in [0, 0.1) is 17.7 Å². The van der Waals surface area contributed by atoms with Crippen molar-refractivity contribution in [3.8, 4) is 0 Å². The number of hydrogen-bond donors (Lipinski definition) is 1. The molecule has 0 spiro atoms. The number of carbonyl (C=O) groups excluding carboxylic acids is 1. The lowest BCUT2D eigenvalue weighted by Crippen LogP contribution is -2.51. The number of carbonyl (C=O) groups is 2. The van der Waals surface area contributed by atoms with Crippen molar-refractivity contribution in [2.75, 3.05) is 6.54 Å². The third-order valence-electron chi connectivity index (χ3n) is 9.30. The lowest BCUT2D eigenvalue weighted by atomic mass is 9.63. The Labute approximate surface area is 224 Å². The van der Waals surface area contributed by atoms with E-state index in [9.17, 15) is 36.6 Å². The number of benzene rings is 2. The first kappa shape index (κ1) is 27.6. The molecular formula is C30H32F5NO3. The topological polar surface area (TPSA) is 57.6 Å². The van der Waals surface area contributed by atoms with Crippen molar-refractivity contribution >= 4 is 11.9 Å². The SMILES string of the molecule is CC(F)(c1ccc2c(c1)CC[C@H]1N(C(=O)C3CCCC(C(=O)O)C3)CC[C@@]21Cc1ccc(F)cc1)C(F)(F)F. The molecule has 5 atom stereocenters. The summed E-state index contributed by atoms with van der Waals surface area (Å²) < 4.78 is 68.9. The van der Waals surface area contributed by atoms with Crippen LogP contribution in [0.2, 0.25) is 0 Å². The van der Waals surface area contributed by atoms with E-state index in [0.717, 1.165) is 11.1 Å². The van der Waals surface area contributed by atoms with Crippen LogP contribution in [0.4, 0.5) is 22.0 Å². The maximum Gasteiger partial charge on any atom is 0.426 e. The average molecular weight is 550 g/mol. The molecule has 1 heterocycles. The summed E-state index contributed by atoms with van der Waals surface area (Å²) in [6.07, 6.45) is -1.03. The highest BCUT2D eigenvalue weighted by Gasteiger charge is 2.56. The Hall–Kier alpha value is -2.97. The van der Waals surface area contributed by atoms with Crippen LogP contribution >= 0.6 is 0 Å². The maximum atomic E-state index is 14.9. The molecule has 0 aromatic heterocycles. The van der Waals surface area contributed by atoms with E-state index in [0.29, 0.717) is 70.4 Å². The van der Waals surface area contributed by atoms with E-state index in [4.69, 9.17) is 0 Å². The molecule has 2 aliphatic carbocycles. The second kappa shape index (κ2) is 9.89. The van der Waals surface area contributed by atoms with E-state index in [-0.39, 0.29) is 23.7 Å². The Bertz CT molecular complexity index is 1260. The van der Waals surface area contributed by atoms with Gasteiger partial charge in [0.25, 0.3) is 0 Å². The lowest BCUT2D eigenvalue weighted by Gasteiger charge is -2.45. The van der Waals surface area contributed by atoms with Crippen LogP contribution in [0.1, 0.15) is 67.7 Å². The molecule has 1 amide bonds. The number of fused-ring (bicyclic) bond motifs is 3. The second-order valence-electron chi connectivity index (χ2n) is 11.6. The van der Waals surface area contributed by atoms with Crippen molar-refractivity contribution in [2.24, 2.45) is 11.8 Å². The van der Waals surface area contributed by atoms with Gasteiger partial charge in [0, 0.05) is 23.9 Å². The molecule has 39 heavy (non-hydrogen) atoms. The summed E-state index contributed by atoms with van der Waals surface area (Å²) in [4.78, 5) is 27.2. The summed E-state index contributed by atoms with van der Waals surface area (Å²) in [5, 5.41) is 9.51. The fourth-order valence-electron chi connectivity index (χ4n) is 7.13. The Morgan fingerprint density at radius 2 is 1.72 bits per heavy atom. The summed E-state index contributed by atoms with van der Waals surface area (Å²) in [6.45, 7) is 0.961. The van der Waals surface area contributed by atoms with E-state index < -0.39 is 34.7 Å². The number of nitrogens with zero attached hydrogens (tertiary/aromatic N) is 1. The van der Waals surface area contributed by atoms with Gasteiger partial charge in [-0.1, -0.05) is 36.8 Å². The van der Waals surface area contributed by atoms with Gasteiger partial charge in [0.1, 0.15) is 5.82 Å². The molecule has 3 aliphatic rings. The molecule has 9 heteroatoms. The van der Waals surface area contributed by atoms with E-state index >= 15 is 0 Å². The number of carboxylic acid groups (broad SMARTS) is 1. The summed E-state index contributed by atoms with van der Waals surface area (Å²) in [5.41, 5.74) is -2.31. The molecule has 3 unspecified atom stereocenters. The van der Waals surface area contributed by atoms with E-state index in [2.05, 4.69) is 0 Å². The van der Waals surface area contributed by atoms with Crippen molar-refractivity contribution in [2.45, 2.75) is 81.6 Å². The Morgan fingerprint density at radius 3 is 2.38 bits per heavy atom. The molecule has 1 aliphatic heterocycles. The average Bonchev–Trinajstić information content (AvgIpc) is 3.28. The first-order chi connectivity index (χ1) is 18.3. The molecule has 5 rings (SSSR count). The van der Waals surface area contributed by atoms with Crippen LogP contribution in [-0.2, 0) is 33.5 Å². The molecule has 1 saturated carbocycles. The Morgan fingerprint density at radius 1 is 1.03 bits per heavy atom. The summed E-state index contributed by atoms with van der Waals surface area (Å²) in [7, 11) is 0. The smallest absolute Gasteiger partial charge is 0.426 e. The van der Waals surface area contributed by atoms with E-state index in [1.165, 1.54) is 24.3 Å². The fourth-order valence-corrected chi connectivity index (χ4v) is 7.13. The van der Waals surface area contributed by atoms with Gasteiger partial charge in [-0.2, -0.15) is 13.2 Å². The van der Waals surface area contributed by atoms with Crippen LogP contribution in [0.25, 0.3) is 0 Å². The van der Waals surface area contributed by atoms with Crippen LogP contribution in [0.3, 0.4) is 0 Å². The van der Waals surface area contributed by atoms with Gasteiger partial charge in [0.2, 0.25) is 11.6 Å². The van der Waals surface area contributed by atoms with Crippen LogP contribution in [0.5, 0.6) is 0 Å². The first-order valence-corrected chi connectivity index (χ1v) is 13.5. The third-order valence-corrected chi connectivity index (χ3v) is 9.30. The molecule has 210 valence electrons. The monoisotopic (exact) mass is 549 g/mol. The van der Waals surface area contributed by atoms with Crippen molar-refractivity contribution < 1.29 is 36.6 Å². The molecule has 1 saturated heterocycles. The third kappa shape index (κ3) is 4.82. The number of hydrogen-bond acceptors (Lipinski definition) is 2. The number of amides is 1. The molecule has 2 aromatic carbocycles.